The molecule has 0 aliphatic rings. The molecule has 5 nitrogen and oxygen atoms in total. The van der Waals surface area contributed by atoms with E-state index in [4.69, 9.17) is 19.7 Å². The predicted molar refractivity (Wildman–Crippen MR) is 200 cm³/mol. The summed E-state index contributed by atoms with van der Waals surface area (Å²) in [5, 5.41) is 16.5. The summed E-state index contributed by atoms with van der Waals surface area (Å²) in [6.45, 7) is 7.35. The fourth-order valence-electron chi connectivity index (χ4n) is 6.20. The first-order valence-corrected chi connectivity index (χ1v) is 18.9. The van der Waals surface area contributed by atoms with Gasteiger partial charge in [-0.1, -0.05) is 145 Å². The van der Waals surface area contributed by atoms with Crippen LogP contribution in [0.2, 0.25) is 0 Å². The number of unbranched alkanes of at least 4 members (excludes halogenated alkanes) is 8. The van der Waals surface area contributed by atoms with E-state index in [0.29, 0.717) is 40.6 Å². The molecular weight excluding hydrogens is 599 g/mol. The van der Waals surface area contributed by atoms with Gasteiger partial charge in [0, 0.05) is 17.4 Å². The van der Waals surface area contributed by atoms with Crippen LogP contribution in [0.25, 0.3) is 44.3 Å². The molecule has 6 heteroatoms. The Kier molecular flexibility index (Phi) is 13.3. The normalized spacial score (nSPS) is 12.1. The van der Waals surface area contributed by atoms with Gasteiger partial charge in [0.1, 0.15) is 11.5 Å². The minimum Gasteiger partial charge on any atom is -0.507 e. The first-order chi connectivity index (χ1) is 23.1. The van der Waals surface area contributed by atoms with E-state index in [1.54, 1.807) is 17.8 Å². The van der Waals surface area contributed by atoms with E-state index < -0.39 is 0 Å². The lowest BCUT2D eigenvalue weighted by Crippen LogP contribution is -2.11. The molecule has 248 valence electrons. The van der Waals surface area contributed by atoms with Crippen LogP contribution in [-0.2, 0) is 0 Å². The van der Waals surface area contributed by atoms with Gasteiger partial charge in [-0.05, 0) is 58.5 Å². The van der Waals surface area contributed by atoms with Gasteiger partial charge in [0.25, 0.3) is 0 Å². The lowest BCUT2D eigenvalue weighted by atomic mass is 9.97. The van der Waals surface area contributed by atoms with E-state index in [2.05, 4.69) is 75.4 Å². The van der Waals surface area contributed by atoms with Crippen molar-refractivity contribution >= 4 is 33.3 Å². The summed E-state index contributed by atoms with van der Waals surface area (Å²) in [5.41, 5.74) is 1.55. The number of phenols is 1. The first-order valence-electron chi connectivity index (χ1n) is 17.9. The molecule has 0 amide bonds. The Balaban J connectivity index is 1.43. The molecule has 1 N–H and O–H groups in total. The average molecular weight is 650 g/mol. The van der Waals surface area contributed by atoms with Crippen molar-refractivity contribution in [3.05, 3.63) is 72.8 Å². The van der Waals surface area contributed by atoms with Crippen molar-refractivity contribution in [3.8, 4) is 34.3 Å². The Bertz CT molecular complexity index is 1720. The number of hydrogen-bond donors (Lipinski definition) is 1. The van der Waals surface area contributed by atoms with Crippen molar-refractivity contribution < 1.29 is 9.84 Å². The SMILES string of the molecule is CCCCCCCCCCSc1nc(-c2ccc(OCC(CC)CCCC)cc2O)nc(-c2cc3ccccc3c3ccccc23)n1. The van der Waals surface area contributed by atoms with E-state index in [0.717, 1.165) is 41.4 Å². The number of rotatable bonds is 19. The Morgan fingerprint density at radius 3 is 2.04 bits per heavy atom. The lowest BCUT2D eigenvalue weighted by Gasteiger charge is -2.16. The Labute approximate surface area is 285 Å². The third-order valence-electron chi connectivity index (χ3n) is 9.09. The van der Waals surface area contributed by atoms with Gasteiger partial charge in [-0.3, -0.25) is 0 Å². The molecule has 1 unspecified atom stereocenters. The number of nitrogens with zero attached hydrogens (tertiary/aromatic N) is 3. The molecule has 0 aliphatic carbocycles. The number of hydrogen-bond acceptors (Lipinski definition) is 6. The third-order valence-corrected chi connectivity index (χ3v) is 10.0. The van der Waals surface area contributed by atoms with Crippen LogP contribution < -0.4 is 4.74 Å². The van der Waals surface area contributed by atoms with Crippen molar-refractivity contribution in [2.45, 2.75) is 103 Å². The highest BCUT2D eigenvalue weighted by atomic mass is 32.2. The molecule has 0 spiro atoms. The summed E-state index contributed by atoms with van der Waals surface area (Å²) >= 11 is 1.68. The van der Waals surface area contributed by atoms with Crippen LogP contribution in [0, 0.1) is 5.92 Å². The van der Waals surface area contributed by atoms with Crippen LogP contribution in [0.4, 0.5) is 0 Å². The summed E-state index contributed by atoms with van der Waals surface area (Å²) in [7, 11) is 0. The standard InChI is InChI=1S/C41H51N3O2S/c1-4-7-9-10-11-12-13-18-26-47-41-43-39(36-25-24-32(28-38(36)45)46-29-30(6-3)19-8-5-2)42-40(44-41)37-27-31-20-14-15-21-33(31)34-22-16-17-23-35(34)37/h14-17,20-25,27-28,30,45H,4-13,18-19,26,29H2,1-3H3. The number of ether oxygens (including phenoxy) is 1. The largest absolute Gasteiger partial charge is 0.507 e. The molecule has 5 rings (SSSR count). The fraction of sp³-hybridized carbons (Fsp3) is 0.439. The smallest absolute Gasteiger partial charge is 0.191 e. The summed E-state index contributed by atoms with van der Waals surface area (Å²) in [6.07, 6.45) is 14.9. The number of thioether (sulfide) groups is 1. The molecule has 1 atom stereocenters. The van der Waals surface area contributed by atoms with Crippen molar-refractivity contribution in [3.63, 3.8) is 0 Å². The van der Waals surface area contributed by atoms with Crippen molar-refractivity contribution in [2.24, 2.45) is 5.92 Å². The quantitative estimate of drug-likeness (QED) is 0.0545. The van der Waals surface area contributed by atoms with Gasteiger partial charge in [0.15, 0.2) is 16.8 Å². The Morgan fingerprint density at radius 2 is 1.32 bits per heavy atom. The van der Waals surface area contributed by atoms with E-state index in [-0.39, 0.29) is 5.75 Å². The molecule has 0 saturated carbocycles. The van der Waals surface area contributed by atoms with Gasteiger partial charge in [-0.25, -0.2) is 15.0 Å². The van der Waals surface area contributed by atoms with Crippen molar-refractivity contribution in [2.75, 3.05) is 12.4 Å². The topological polar surface area (TPSA) is 68.1 Å². The molecule has 5 aromatic rings. The molecule has 0 fully saturated rings. The molecule has 1 heterocycles. The predicted octanol–water partition coefficient (Wildman–Crippen LogP) is 12.0. The van der Waals surface area contributed by atoms with Crippen LogP contribution in [0.1, 0.15) is 97.8 Å². The maximum absolute atomic E-state index is 11.2. The van der Waals surface area contributed by atoms with Gasteiger partial charge in [-0.2, -0.15) is 0 Å². The highest BCUT2D eigenvalue weighted by molar-refractivity contribution is 7.99. The first kappa shape index (κ1) is 34.7. The second-order valence-electron chi connectivity index (χ2n) is 12.7. The molecule has 0 saturated heterocycles. The zero-order valence-electron chi connectivity index (χ0n) is 28.5. The molecule has 0 bridgehead atoms. The third kappa shape index (κ3) is 9.47. The Morgan fingerprint density at radius 1 is 0.660 bits per heavy atom. The minimum atomic E-state index is 0.114. The lowest BCUT2D eigenvalue weighted by molar-refractivity contribution is 0.232. The second kappa shape index (κ2) is 18.1. The van der Waals surface area contributed by atoms with Gasteiger partial charge in [0.2, 0.25) is 0 Å². The zero-order valence-corrected chi connectivity index (χ0v) is 29.3. The molecule has 47 heavy (non-hydrogen) atoms. The van der Waals surface area contributed by atoms with E-state index in [1.807, 2.05) is 12.1 Å². The summed E-state index contributed by atoms with van der Waals surface area (Å²) in [5.74, 6) is 3.34. The van der Waals surface area contributed by atoms with Crippen molar-refractivity contribution in [1.29, 1.82) is 0 Å². The van der Waals surface area contributed by atoms with Crippen LogP contribution in [-0.4, -0.2) is 32.4 Å². The molecule has 0 aliphatic heterocycles. The van der Waals surface area contributed by atoms with Gasteiger partial charge in [-0.15, -0.1) is 0 Å². The van der Waals surface area contributed by atoms with Gasteiger partial charge in [0.05, 0.1) is 12.2 Å². The maximum atomic E-state index is 11.2. The molecular formula is C41H51N3O2S. The van der Waals surface area contributed by atoms with Crippen LogP contribution >= 0.6 is 11.8 Å². The zero-order chi connectivity index (χ0) is 32.8. The molecule has 1 aromatic heterocycles. The number of benzene rings is 4. The van der Waals surface area contributed by atoms with E-state index in [9.17, 15) is 5.11 Å². The highest BCUT2D eigenvalue weighted by Gasteiger charge is 2.18. The minimum absolute atomic E-state index is 0.114. The molecule has 4 aromatic carbocycles. The fourth-order valence-corrected chi connectivity index (χ4v) is 7.04. The summed E-state index contributed by atoms with van der Waals surface area (Å²) in [6, 6.07) is 24.6. The summed E-state index contributed by atoms with van der Waals surface area (Å²) in [4.78, 5) is 14.9. The number of fused-ring (bicyclic) bond motifs is 3. The van der Waals surface area contributed by atoms with Crippen LogP contribution in [0.5, 0.6) is 11.5 Å². The highest BCUT2D eigenvalue weighted by Crippen LogP contribution is 2.37. The maximum Gasteiger partial charge on any atom is 0.191 e. The number of phenolic OH excluding ortho intramolecular Hbond substituents is 1. The number of aromatic hydroxyl groups is 1. The monoisotopic (exact) mass is 649 g/mol. The Hall–Kier alpha value is -3.64. The van der Waals surface area contributed by atoms with Crippen molar-refractivity contribution in [1.82, 2.24) is 15.0 Å². The van der Waals surface area contributed by atoms with E-state index >= 15 is 0 Å². The van der Waals surface area contributed by atoms with Crippen LogP contribution in [0.3, 0.4) is 0 Å². The summed E-state index contributed by atoms with van der Waals surface area (Å²) < 4.78 is 6.13. The van der Waals surface area contributed by atoms with Crippen LogP contribution in [0.15, 0.2) is 78.0 Å². The molecule has 0 radical (unpaired) electrons. The van der Waals surface area contributed by atoms with E-state index in [1.165, 1.54) is 68.6 Å². The van der Waals surface area contributed by atoms with Gasteiger partial charge < -0.3 is 9.84 Å². The average Bonchev–Trinajstić information content (AvgIpc) is 3.10. The number of aromatic nitrogens is 3. The second-order valence-corrected chi connectivity index (χ2v) is 13.7. The van der Waals surface area contributed by atoms with Gasteiger partial charge >= 0.3 is 0 Å².